The number of hydrazine groups is 1. The number of hydrogen-bond acceptors (Lipinski definition) is 4. The van der Waals surface area contributed by atoms with Crippen LogP contribution < -0.4 is 11.2 Å². The number of nitrogens with zero attached hydrogens (tertiary/aromatic N) is 2. The second-order valence-corrected chi connectivity index (χ2v) is 2.97. The van der Waals surface area contributed by atoms with Crippen LogP contribution in [0.4, 0.5) is 5.69 Å². The van der Waals surface area contributed by atoms with Gasteiger partial charge in [0.05, 0.1) is 12.3 Å². The molecule has 7 heteroatoms. The van der Waals surface area contributed by atoms with Crippen molar-refractivity contribution >= 4 is 11.6 Å². The maximum absolute atomic E-state index is 10.1. The number of nitrogens with two attached hydrogens (primary N) is 1. The third-order valence-corrected chi connectivity index (χ3v) is 1.68. The largest absolute Gasteiger partial charge is 0.380 e. The van der Waals surface area contributed by atoms with Crippen molar-refractivity contribution in [1.29, 1.82) is 0 Å². The van der Waals surface area contributed by atoms with Crippen LogP contribution in [0.15, 0.2) is 29.3 Å². The van der Waals surface area contributed by atoms with Crippen molar-refractivity contribution in [2.45, 2.75) is 6.61 Å². The van der Waals surface area contributed by atoms with Crippen LogP contribution in [0.3, 0.4) is 0 Å². The highest BCUT2D eigenvalue weighted by atomic mass is 16.7. The highest BCUT2D eigenvalue weighted by Gasteiger charge is 2.00. The summed E-state index contributed by atoms with van der Waals surface area (Å²) in [5.74, 6) is -0.264. The molecule has 0 heterocycles. The van der Waals surface area contributed by atoms with Crippen molar-refractivity contribution in [3.63, 3.8) is 0 Å². The Hall–Kier alpha value is -2.15. The van der Waals surface area contributed by atoms with E-state index in [-0.39, 0.29) is 5.96 Å². The fourth-order valence-electron chi connectivity index (χ4n) is 1.14. The van der Waals surface area contributed by atoms with E-state index in [0.717, 1.165) is 5.56 Å². The van der Waals surface area contributed by atoms with Crippen molar-refractivity contribution in [3.05, 3.63) is 39.9 Å². The lowest BCUT2D eigenvalue weighted by molar-refractivity contribution is -0.525. The van der Waals surface area contributed by atoms with Gasteiger partial charge in [0.2, 0.25) is 0 Å². The number of rotatable bonds is 4. The molecule has 0 aliphatic carbocycles. The lowest BCUT2D eigenvalue weighted by atomic mass is 10.2. The molecule has 7 nitrogen and oxygen atoms in total. The number of hydrogen-bond donors (Lipinski definition) is 2. The normalized spacial score (nSPS) is 11.2. The summed E-state index contributed by atoms with van der Waals surface area (Å²) >= 11 is 0. The Labute approximate surface area is 92.0 Å². The Morgan fingerprint density at radius 2 is 2.44 bits per heavy atom. The van der Waals surface area contributed by atoms with Gasteiger partial charge in [0.1, 0.15) is 0 Å². The van der Waals surface area contributed by atoms with E-state index in [1.54, 1.807) is 30.7 Å². The number of nitrogens with one attached hydrogen (secondary N) is 1. The molecule has 0 saturated carbocycles. The van der Waals surface area contributed by atoms with Gasteiger partial charge in [-0.25, -0.2) is 15.1 Å². The number of aliphatic imine (C=N–C) groups is 1. The van der Waals surface area contributed by atoms with Gasteiger partial charge in [0.15, 0.2) is 5.03 Å². The van der Waals surface area contributed by atoms with E-state index in [4.69, 9.17) is 10.5 Å². The first-order valence-electron chi connectivity index (χ1n) is 4.45. The summed E-state index contributed by atoms with van der Waals surface area (Å²) in [4.78, 5) is 13.9. The molecule has 1 aromatic carbocycles. The van der Waals surface area contributed by atoms with Crippen molar-refractivity contribution in [2.24, 2.45) is 10.7 Å². The number of ether oxygens (including phenoxy) is 1. The smallest absolute Gasteiger partial charge is 0.256 e. The summed E-state index contributed by atoms with van der Waals surface area (Å²) in [7, 11) is 1.58. The molecule has 0 unspecified atom stereocenters. The lowest BCUT2D eigenvalue weighted by Gasteiger charge is -2.01. The van der Waals surface area contributed by atoms with Crippen LogP contribution in [-0.2, 0) is 11.3 Å². The summed E-state index contributed by atoms with van der Waals surface area (Å²) < 4.78 is 4.95. The molecule has 3 N–H and O–H groups in total. The van der Waals surface area contributed by atoms with Crippen LogP contribution in [0.2, 0.25) is 0 Å². The lowest BCUT2D eigenvalue weighted by Crippen LogP contribution is -2.35. The second-order valence-electron chi connectivity index (χ2n) is 2.97. The van der Waals surface area contributed by atoms with Gasteiger partial charge in [-0.2, -0.15) is 0 Å². The molecule has 0 saturated heterocycles. The first-order chi connectivity index (χ1) is 7.61. The maximum atomic E-state index is 10.1. The zero-order chi connectivity index (χ0) is 12.0. The molecule has 1 rings (SSSR count). The zero-order valence-electron chi connectivity index (χ0n) is 8.71. The SMILES string of the molecule is COCc1cccc(N=C(N)N[N+](=O)[O-])c1. The third-order valence-electron chi connectivity index (χ3n) is 1.68. The van der Waals surface area contributed by atoms with E-state index in [0.29, 0.717) is 12.3 Å². The summed E-state index contributed by atoms with van der Waals surface area (Å²) in [5.41, 5.74) is 8.50. The molecular formula is C9H12N4O3. The molecule has 0 aromatic heterocycles. The third kappa shape index (κ3) is 3.93. The molecule has 16 heavy (non-hydrogen) atoms. The van der Waals surface area contributed by atoms with Crippen molar-refractivity contribution in [1.82, 2.24) is 5.43 Å². The zero-order valence-corrected chi connectivity index (χ0v) is 8.71. The molecule has 0 fully saturated rings. The van der Waals surface area contributed by atoms with E-state index in [1.807, 2.05) is 6.07 Å². The number of guanidine groups is 1. The molecule has 0 amide bonds. The summed E-state index contributed by atoms with van der Waals surface area (Å²) in [6, 6.07) is 7.05. The molecule has 0 bridgehead atoms. The van der Waals surface area contributed by atoms with E-state index in [1.165, 1.54) is 0 Å². The molecule has 86 valence electrons. The maximum Gasteiger partial charge on any atom is 0.256 e. The quantitative estimate of drug-likeness (QED) is 0.336. The van der Waals surface area contributed by atoms with Crippen LogP contribution in [0, 0.1) is 10.1 Å². The topological polar surface area (TPSA) is 103 Å². The van der Waals surface area contributed by atoms with E-state index in [9.17, 15) is 10.1 Å². The highest BCUT2D eigenvalue weighted by Crippen LogP contribution is 2.14. The predicted octanol–water partition coefficient (Wildman–Crippen LogP) is 0.561. The van der Waals surface area contributed by atoms with E-state index in [2.05, 4.69) is 4.99 Å². The van der Waals surface area contributed by atoms with Gasteiger partial charge in [-0.3, -0.25) is 0 Å². The Morgan fingerprint density at radius 1 is 1.69 bits per heavy atom. The number of benzene rings is 1. The number of methoxy groups -OCH3 is 1. The number of nitro groups is 1. The average Bonchev–Trinajstić information content (AvgIpc) is 2.17. The van der Waals surface area contributed by atoms with Crippen LogP contribution in [-0.4, -0.2) is 18.1 Å². The Bertz CT molecular complexity index is 405. The molecule has 0 aliphatic heterocycles. The molecular weight excluding hydrogens is 212 g/mol. The van der Waals surface area contributed by atoms with E-state index >= 15 is 0 Å². The van der Waals surface area contributed by atoms with Gasteiger partial charge in [-0.05, 0) is 17.7 Å². The molecule has 0 aliphatic rings. The summed E-state index contributed by atoms with van der Waals surface area (Å²) in [5, 5.41) is 9.32. The monoisotopic (exact) mass is 224 g/mol. The van der Waals surface area contributed by atoms with Gasteiger partial charge in [0, 0.05) is 7.11 Å². The van der Waals surface area contributed by atoms with Crippen molar-refractivity contribution in [3.8, 4) is 0 Å². The van der Waals surface area contributed by atoms with Gasteiger partial charge in [-0.15, -0.1) is 0 Å². The van der Waals surface area contributed by atoms with Crippen molar-refractivity contribution in [2.75, 3.05) is 7.11 Å². The Kier molecular flexibility index (Phi) is 4.22. The highest BCUT2D eigenvalue weighted by molar-refractivity contribution is 5.79. The van der Waals surface area contributed by atoms with Gasteiger partial charge < -0.3 is 10.5 Å². The first-order valence-corrected chi connectivity index (χ1v) is 4.45. The van der Waals surface area contributed by atoms with Crippen LogP contribution in [0.25, 0.3) is 0 Å². The molecule has 0 radical (unpaired) electrons. The molecule has 0 atom stereocenters. The average molecular weight is 224 g/mol. The first kappa shape index (κ1) is 11.9. The summed E-state index contributed by atoms with van der Waals surface area (Å²) in [6.07, 6.45) is 0. The van der Waals surface area contributed by atoms with Crippen LogP contribution >= 0.6 is 0 Å². The molecule has 0 spiro atoms. The van der Waals surface area contributed by atoms with Gasteiger partial charge in [0.25, 0.3) is 5.96 Å². The summed E-state index contributed by atoms with van der Waals surface area (Å²) in [6.45, 7) is 0.450. The Morgan fingerprint density at radius 3 is 3.06 bits per heavy atom. The fourth-order valence-corrected chi connectivity index (χ4v) is 1.14. The minimum atomic E-state index is -0.766. The van der Waals surface area contributed by atoms with Crippen LogP contribution in [0.5, 0.6) is 0 Å². The minimum absolute atomic E-state index is 0.264. The van der Waals surface area contributed by atoms with Gasteiger partial charge >= 0.3 is 0 Å². The van der Waals surface area contributed by atoms with Gasteiger partial charge in [-0.1, -0.05) is 17.6 Å². The van der Waals surface area contributed by atoms with E-state index < -0.39 is 5.03 Å². The van der Waals surface area contributed by atoms with Crippen LogP contribution in [0.1, 0.15) is 5.56 Å². The minimum Gasteiger partial charge on any atom is -0.380 e. The predicted molar refractivity (Wildman–Crippen MR) is 58.6 cm³/mol. The standard InChI is InChI=1S/C9H12N4O3/c1-16-6-7-3-2-4-8(5-7)11-9(10)12-13(14)15/h2-5H,6H2,1H3,(H3,10,11,12). The fraction of sp³-hybridized carbons (Fsp3) is 0.222. The van der Waals surface area contributed by atoms with Crippen molar-refractivity contribution < 1.29 is 9.77 Å². The second kappa shape index (κ2) is 5.66. The molecule has 1 aromatic rings. The Balaban J connectivity index is 2.79.